The van der Waals surface area contributed by atoms with Gasteiger partial charge in [0.15, 0.2) is 16.4 Å². The van der Waals surface area contributed by atoms with Crippen LogP contribution in [0.2, 0.25) is 0 Å². The number of ether oxygens (including phenoxy) is 4. The molecule has 0 spiro atoms. The zero-order valence-corrected chi connectivity index (χ0v) is 16.5. The van der Waals surface area contributed by atoms with Crippen LogP contribution in [0.25, 0.3) is 11.2 Å². The van der Waals surface area contributed by atoms with Gasteiger partial charge in [-0.3, -0.25) is 14.4 Å². The molecule has 13 heteroatoms. The standard InChI is InChI=1S/C16H18N4O8S/c1-7(21)24-4-10-12(25-8(2)22)13(26-9(3)23)16(27-10)28-20-6-19-11-14(20)17-5-18-15(11)29/h5-6,10,12-13,16H,4H2,1-3H3,(H,17,18,29)/t10-,12-,13-,16+/m1/s1. The maximum atomic E-state index is 11.6. The summed E-state index contributed by atoms with van der Waals surface area (Å²) in [6, 6.07) is 0. The van der Waals surface area contributed by atoms with Crippen molar-refractivity contribution in [2.75, 3.05) is 6.61 Å². The average Bonchev–Trinajstić information content (AvgIpc) is 3.17. The molecule has 0 bridgehead atoms. The van der Waals surface area contributed by atoms with Crippen LogP contribution in [0, 0.1) is 4.64 Å². The molecule has 2 aromatic rings. The summed E-state index contributed by atoms with van der Waals surface area (Å²) < 4.78 is 22.7. The Morgan fingerprint density at radius 3 is 2.48 bits per heavy atom. The van der Waals surface area contributed by atoms with Crippen LogP contribution >= 0.6 is 12.2 Å². The van der Waals surface area contributed by atoms with Crippen LogP contribution in [0.3, 0.4) is 0 Å². The number of hydrogen-bond donors (Lipinski definition) is 1. The second-order valence-corrected chi connectivity index (χ2v) is 6.46. The number of H-pyrrole nitrogens is 1. The number of imidazole rings is 1. The van der Waals surface area contributed by atoms with Gasteiger partial charge in [0.25, 0.3) is 6.29 Å². The van der Waals surface area contributed by atoms with E-state index in [4.69, 9.17) is 36.0 Å². The largest absolute Gasteiger partial charge is 0.463 e. The number of rotatable bonds is 6. The molecule has 1 saturated heterocycles. The second-order valence-electron chi connectivity index (χ2n) is 6.07. The summed E-state index contributed by atoms with van der Waals surface area (Å²) in [5.74, 6) is -1.83. The molecule has 12 nitrogen and oxygen atoms in total. The molecule has 4 atom stereocenters. The fourth-order valence-corrected chi connectivity index (χ4v) is 2.99. The third-order valence-corrected chi connectivity index (χ3v) is 4.16. The predicted octanol–water partition coefficient (Wildman–Crippen LogP) is 0.0689. The minimum absolute atomic E-state index is 0.234. The van der Waals surface area contributed by atoms with Crippen molar-refractivity contribution in [1.29, 1.82) is 0 Å². The molecule has 3 heterocycles. The van der Waals surface area contributed by atoms with Crippen molar-refractivity contribution in [3.8, 4) is 0 Å². The Morgan fingerprint density at radius 1 is 1.14 bits per heavy atom. The van der Waals surface area contributed by atoms with Crippen LogP contribution in [0.15, 0.2) is 12.7 Å². The highest BCUT2D eigenvalue weighted by Crippen LogP contribution is 2.27. The van der Waals surface area contributed by atoms with Crippen LogP contribution in [0.1, 0.15) is 20.8 Å². The monoisotopic (exact) mass is 426 g/mol. The first-order valence-electron chi connectivity index (χ1n) is 8.47. The molecule has 0 aromatic carbocycles. The Balaban J connectivity index is 1.90. The summed E-state index contributed by atoms with van der Waals surface area (Å²) in [6.45, 7) is 3.37. The number of nitrogens with one attached hydrogen (secondary N) is 1. The maximum Gasteiger partial charge on any atom is 0.303 e. The van der Waals surface area contributed by atoms with E-state index in [1.165, 1.54) is 38.2 Å². The van der Waals surface area contributed by atoms with Crippen molar-refractivity contribution in [2.45, 2.75) is 45.4 Å². The number of carbonyl (C=O) groups is 3. The number of nitrogens with zero attached hydrogens (tertiary/aromatic N) is 3. The van der Waals surface area contributed by atoms with Gasteiger partial charge in [0.05, 0.1) is 6.33 Å². The van der Waals surface area contributed by atoms with Crippen molar-refractivity contribution in [1.82, 2.24) is 19.7 Å². The molecule has 0 saturated carbocycles. The van der Waals surface area contributed by atoms with Crippen molar-refractivity contribution >= 4 is 41.3 Å². The van der Waals surface area contributed by atoms with Gasteiger partial charge < -0.3 is 28.8 Å². The fraction of sp³-hybridized carbons (Fsp3) is 0.500. The molecule has 3 rings (SSSR count). The molecule has 1 aliphatic rings. The zero-order chi connectivity index (χ0) is 21.1. The van der Waals surface area contributed by atoms with Crippen LogP contribution in [0.5, 0.6) is 0 Å². The van der Waals surface area contributed by atoms with Crippen molar-refractivity contribution < 1.29 is 38.2 Å². The van der Waals surface area contributed by atoms with E-state index in [0.717, 1.165) is 0 Å². The SMILES string of the molecule is CC(=O)OC[C@H]1O[C@@H](On2cnc3c(=S)nc[nH]c32)[C@H](OC(C)=O)[C@@H]1OC(C)=O. The summed E-state index contributed by atoms with van der Waals surface area (Å²) in [6.07, 6.45) is -1.61. The Labute approximate surface area is 169 Å². The molecule has 1 fully saturated rings. The van der Waals surface area contributed by atoms with Crippen LogP contribution in [0.4, 0.5) is 0 Å². The average molecular weight is 426 g/mol. The van der Waals surface area contributed by atoms with E-state index in [-0.39, 0.29) is 11.2 Å². The lowest BCUT2D eigenvalue weighted by Gasteiger charge is -2.23. The molecule has 0 aliphatic carbocycles. The van der Waals surface area contributed by atoms with Gasteiger partial charge in [-0.05, 0) is 0 Å². The van der Waals surface area contributed by atoms with Gasteiger partial charge >= 0.3 is 17.9 Å². The minimum atomic E-state index is -1.20. The number of hydrogen-bond acceptors (Lipinski definition) is 11. The van der Waals surface area contributed by atoms with E-state index in [9.17, 15) is 14.4 Å². The van der Waals surface area contributed by atoms with Gasteiger partial charge in [-0.25, -0.2) is 9.97 Å². The fourth-order valence-electron chi connectivity index (χ4n) is 2.79. The van der Waals surface area contributed by atoms with Gasteiger partial charge in [0, 0.05) is 20.8 Å². The highest BCUT2D eigenvalue weighted by molar-refractivity contribution is 7.71. The highest BCUT2D eigenvalue weighted by atomic mass is 32.1. The number of esters is 3. The summed E-state index contributed by atoms with van der Waals surface area (Å²) in [5, 5.41) is 0. The number of fused-ring (bicyclic) bond motifs is 1. The van der Waals surface area contributed by atoms with Crippen LogP contribution < -0.4 is 4.84 Å². The zero-order valence-electron chi connectivity index (χ0n) is 15.7. The van der Waals surface area contributed by atoms with Crippen molar-refractivity contribution in [2.24, 2.45) is 0 Å². The summed E-state index contributed by atoms with van der Waals surface area (Å²) in [7, 11) is 0. The molecule has 0 radical (unpaired) electrons. The Kier molecular flexibility index (Phi) is 6.08. The normalized spacial score (nSPS) is 23.6. The van der Waals surface area contributed by atoms with Gasteiger partial charge in [0.2, 0.25) is 6.10 Å². The van der Waals surface area contributed by atoms with Crippen molar-refractivity contribution in [3.63, 3.8) is 0 Å². The Bertz CT molecular complexity index is 989. The number of aromatic nitrogens is 4. The molecule has 156 valence electrons. The van der Waals surface area contributed by atoms with E-state index >= 15 is 0 Å². The molecule has 2 aromatic heterocycles. The summed E-state index contributed by atoms with van der Waals surface area (Å²) >= 11 is 5.10. The summed E-state index contributed by atoms with van der Waals surface area (Å²) in [4.78, 5) is 51.0. The van der Waals surface area contributed by atoms with Gasteiger partial charge in [-0.15, -0.1) is 0 Å². The van der Waals surface area contributed by atoms with E-state index < -0.39 is 42.5 Å². The van der Waals surface area contributed by atoms with Gasteiger partial charge in [-0.1, -0.05) is 12.2 Å². The number of aromatic amines is 1. The van der Waals surface area contributed by atoms with Crippen molar-refractivity contribution in [3.05, 3.63) is 17.3 Å². The highest BCUT2D eigenvalue weighted by Gasteiger charge is 2.51. The lowest BCUT2D eigenvalue weighted by molar-refractivity contribution is -0.189. The maximum absolute atomic E-state index is 11.6. The molecule has 1 N–H and O–H groups in total. The van der Waals surface area contributed by atoms with Crippen LogP contribution in [-0.2, 0) is 33.3 Å². The molecule has 0 amide bonds. The number of carbonyl (C=O) groups excluding carboxylic acids is 3. The third-order valence-electron chi connectivity index (χ3n) is 3.86. The molecule has 29 heavy (non-hydrogen) atoms. The first-order chi connectivity index (χ1) is 13.8. The quantitative estimate of drug-likeness (QED) is 0.380. The molecular weight excluding hydrogens is 408 g/mol. The lowest BCUT2D eigenvalue weighted by Crippen LogP contribution is -2.43. The Hall–Kier alpha value is -3.06. The first-order valence-corrected chi connectivity index (χ1v) is 8.88. The minimum Gasteiger partial charge on any atom is -0.463 e. The van der Waals surface area contributed by atoms with Crippen LogP contribution in [-0.4, -0.2) is 68.8 Å². The van der Waals surface area contributed by atoms with E-state index in [1.54, 1.807) is 0 Å². The lowest BCUT2D eigenvalue weighted by atomic mass is 10.1. The van der Waals surface area contributed by atoms with Gasteiger partial charge in [-0.2, -0.15) is 4.73 Å². The smallest absolute Gasteiger partial charge is 0.303 e. The van der Waals surface area contributed by atoms with E-state index in [0.29, 0.717) is 11.2 Å². The Morgan fingerprint density at radius 2 is 1.83 bits per heavy atom. The molecular formula is C16H18N4O8S. The predicted molar refractivity (Wildman–Crippen MR) is 95.7 cm³/mol. The second kappa shape index (κ2) is 8.53. The topological polar surface area (TPSA) is 144 Å². The summed E-state index contributed by atoms with van der Waals surface area (Å²) in [5.41, 5.74) is 0.778. The molecule has 1 aliphatic heterocycles. The molecule has 0 unspecified atom stereocenters. The van der Waals surface area contributed by atoms with E-state index in [1.807, 2.05) is 0 Å². The first kappa shape index (κ1) is 20.7. The third kappa shape index (κ3) is 4.68. The van der Waals surface area contributed by atoms with E-state index in [2.05, 4.69) is 15.0 Å². The van der Waals surface area contributed by atoms with Gasteiger partial charge in [0.1, 0.15) is 24.6 Å².